The van der Waals surface area contributed by atoms with E-state index >= 15 is 0 Å². The van der Waals surface area contributed by atoms with Gasteiger partial charge >= 0.3 is 0 Å². The van der Waals surface area contributed by atoms with E-state index in [0.717, 1.165) is 6.54 Å². The molecule has 0 aromatic carbocycles. The molecular formula is C12H16BrFN2. The quantitative estimate of drug-likeness (QED) is 0.909. The fourth-order valence-corrected chi connectivity index (χ4v) is 2.55. The van der Waals surface area contributed by atoms with Crippen molar-refractivity contribution < 1.29 is 4.39 Å². The SMILES string of the molecule is CC1(CNc2ncc(Br)cc2F)CCCC1. The lowest BCUT2D eigenvalue weighted by Crippen LogP contribution is -2.23. The summed E-state index contributed by atoms with van der Waals surface area (Å²) in [5, 5.41) is 3.12. The van der Waals surface area contributed by atoms with Crippen LogP contribution in [0.5, 0.6) is 0 Å². The first-order valence-corrected chi connectivity index (χ1v) is 6.43. The standard InChI is InChI=1S/C12H16BrFN2/c1-12(4-2-3-5-12)8-16-11-10(14)6-9(13)7-15-11/h6-7H,2-5,8H2,1H3,(H,15,16). The zero-order valence-electron chi connectivity index (χ0n) is 9.39. The summed E-state index contributed by atoms with van der Waals surface area (Å²) in [6, 6.07) is 1.44. The summed E-state index contributed by atoms with van der Waals surface area (Å²) in [5.41, 5.74) is 0.307. The molecule has 0 saturated heterocycles. The number of aromatic nitrogens is 1. The highest BCUT2D eigenvalue weighted by Crippen LogP contribution is 2.37. The molecule has 88 valence electrons. The molecule has 0 spiro atoms. The lowest BCUT2D eigenvalue weighted by molar-refractivity contribution is 0.361. The van der Waals surface area contributed by atoms with Crippen LogP contribution < -0.4 is 5.32 Å². The van der Waals surface area contributed by atoms with Crippen molar-refractivity contribution in [1.82, 2.24) is 4.98 Å². The third-order valence-corrected chi connectivity index (χ3v) is 3.73. The highest BCUT2D eigenvalue weighted by Gasteiger charge is 2.28. The minimum atomic E-state index is -0.295. The Bertz CT molecular complexity index is 375. The van der Waals surface area contributed by atoms with E-state index in [-0.39, 0.29) is 5.82 Å². The van der Waals surface area contributed by atoms with Gasteiger partial charge in [0.15, 0.2) is 11.6 Å². The number of halogens is 2. The maximum Gasteiger partial charge on any atom is 0.166 e. The summed E-state index contributed by atoms with van der Waals surface area (Å²) < 4.78 is 14.2. The Morgan fingerprint density at radius 3 is 2.81 bits per heavy atom. The van der Waals surface area contributed by atoms with Gasteiger partial charge in [0.1, 0.15) is 0 Å². The van der Waals surface area contributed by atoms with Gasteiger partial charge in [-0.05, 0) is 40.3 Å². The van der Waals surface area contributed by atoms with Crippen molar-refractivity contribution in [2.24, 2.45) is 5.41 Å². The van der Waals surface area contributed by atoms with Crippen molar-refractivity contribution in [3.05, 3.63) is 22.6 Å². The first-order chi connectivity index (χ1) is 7.59. The highest BCUT2D eigenvalue weighted by molar-refractivity contribution is 9.10. The Kier molecular flexibility index (Phi) is 3.47. The van der Waals surface area contributed by atoms with Crippen molar-refractivity contribution in [3.63, 3.8) is 0 Å². The number of hydrogen-bond acceptors (Lipinski definition) is 2. The van der Waals surface area contributed by atoms with E-state index in [1.165, 1.54) is 31.7 Å². The molecule has 4 heteroatoms. The van der Waals surface area contributed by atoms with Crippen LogP contribution >= 0.6 is 15.9 Å². The van der Waals surface area contributed by atoms with Crippen LogP contribution in [0.3, 0.4) is 0 Å². The topological polar surface area (TPSA) is 24.9 Å². The molecule has 1 N–H and O–H groups in total. The number of pyridine rings is 1. The summed E-state index contributed by atoms with van der Waals surface area (Å²) >= 11 is 3.19. The van der Waals surface area contributed by atoms with E-state index in [4.69, 9.17) is 0 Å². The molecule has 1 aliphatic carbocycles. The zero-order chi connectivity index (χ0) is 11.6. The van der Waals surface area contributed by atoms with Gasteiger partial charge in [0.25, 0.3) is 0 Å². The number of nitrogens with one attached hydrogen (secondary N) is 1. The maximum absolute atomic E-state index is 13.5. The molecule has 2 rings (SSSR count). The Balaban J connectivity index is 1.99. The predicted molar refractivity (Wildman–Crippen MR) is 67.0 cm³/mol. The summed E-state index contributed by atoms with van der Waals surface area (Å²) in [5.74, 6) is 0.0623. The summed E-state index contributed by atoms with van der Waals surface area (Å²) in [6.07, 6.45) is 6.63. The maximum atomic E-state index is 13.5. The van der Waals surface area contributed by atoms with Crippen LogP contribution in [0, 0.1) is 11.2 Å². The van der Waals surface area contributed by atoms with E-state index < -0.39 is 0 Å². The van der Waals surface area contributed by atoms with Crippen LogP contribution in [0.4, 0.5) is 10.2 Å². The fourth-order valence-electron chi connectivity index (χ4n) is 2.25. The third kappa shape index (κ3) is 2.73. The molecule has 0 aliphatic heterocycles. The van der Waals surface area contributed by atoms with Gasteiger partial charge in [0, 0.05) is 17.2 Å². The number of nitrogens with zero attached hydrogens (tertiary/aromatic N) is 1. The molecule has 1 heterocycles. The van der Waals surface area contributed by atoms with Gasteiger partial charge in [-0.1, -0.05) is 19.8 Å². The summed E-state index contributed by atoms with van der Waals surface area (Å²) in [7, 11) is 0. The molecule has 16 heavy (non-hydrogen) atoms. The van der Waals surface area contributed by atoms with Crippen molar-refractivity contribution in [2.75, 3.05) is 11.9 Å². The molecule has 0 atom stereocenters. The molecule has 1 aromatic heterocycles. The second-order valence-corrected chi connectivity index (χ2v) is 5.77. The molecule has 1 fully saturated rings. The van der Waals surface area contributed by atoms with Gasteiger partial charge in [-0.2, -0.15) is 0 Å². The minimum absolute atomic E-state index is 0.295. The summed E-state index contributed by atoms with van der Waals surface area (Å²) in [6.45, 7) is 3.06. The Labute approximate surface area is 104 Å². The molecule has 1 saturated carbocycles. The number of anilines is 1. The average Bonchev–Trinajstić information content (AvgIpc) is 2.64. The molecule has 1 aliphatic rings. The van der Waals surface area contributed by atoms with Crippen molar-refractivity contribution in [3.8, 4) is 0 Å². The number of rotatable bonds is 3. The Morgan fingerprint density at radius 1 is 1.50 bits per heavy atom. The van der Waals surface area contributed by atoms with Crippen molar-refractivity contribution in [2.45, 2.75) is 32.6 Å². The van der Waals surface area contributed by atoms with E-state index in [1.54, 1.807) is 6.20 Å². The second-order valence-electron chi connectivity index (χ2n) is 4.86. The predicted octanol–water partition coefficient (Wildman–Crippen LogP) is 3.98. The Morgan fingerprint density at radius 2 is 2.19 bits per heavy atom. The lowest BCUT2D eigenvalue weighted by atomic mass is 9.89. The van der Waals surface area contributed by atoms with E-state index in [2.05, 4.69) is 33.2 Å². The van der Waals surface area contributed by atoms with E-state index in [1.807, 2.05) is 0 Å². The molecule has 2 nitrogen and oxygen atoms in total. The molecule has 1 aromatic rings. The summed E-state index contributed by atoms with van der Waals surface area (Å²) in [4.78, 5) is 4.04. The molecule has 0 amide bonds. The van der Waals surface area contributed by atoms with Gasteiger partial charge in [-0.3, -0.25) is 0 Å². The lowest BCUT2D eigenvalue weighted by Gasteiger charge is -2.24. The van der Waals surface area contributed by atoms with Crippen LogP contribution in [0.25, 0.3) is 0 Å². The zero-order valence-corrected chi connectivity index (χ0v) is 11.0. The van der Waals surface area contributed by atoms with Gasteiger partial charge in [-0.15, -0.1) is 0 Å². The van der Waals surface area contributed by atoms with Crippen LogP contribution in [-0.2, 0) is 0 Å². The molecule has 0 radical (unpaired) electrons. The molecule has 0 bridgehead atoms. The fraction of sp³-hybridized carbons (Fsp3) is 0.583. The second kappa shape index (κ2) is 4.70. The van der Waals surface area contributed by atoms with Gasteiger partial charge in [-0.25, -0.2) is 9.37 Å². The van der Waals surface area contributed by atoms with Crippen LogP contribution in [-0.4, -0.2) is 11.5 Å². The number of hydrogen-bond donors (Lipinski definition) is 1. The molecule has 0 unspecified atom stereocenters. The monoisotopic (exact) mass is 286 g/mol. The Hall–Kier alpha value is -0.640. The molecular weight excluding hydrogens is 271 g/mol. The highest BCUT2D eigenvalue weighted by atomic mass is 79.9. The van der Waals surface area contributed by atoms with Crippen LogP contribution in [0.15, 0.2) is 16.7 Å². The first-order valence-electron chi connectivity index (χ1n) is 5.64. The van der Waals surface area contributed by atoms with Gasteiger partial charge in [0.05, 0.1) is 0 Å². The van der Waals surface area contributed by atoms with Gasteiger partial charge < -0.3 is 5.32 Å². The van der Waals surface area contributed by atoms with E-state index in [0.29, 0.717) is 15.7 Å². The van der Waals surface area contributed by atoms with Crippen LogP contribution in [0.2, 0.25) is 0 Å². The van der Waals surface area contributed by atoms with Crippen LogP contribution in [0.1, 0.15) is 32.6 Å². The van der Waals surface area contributed by atoms with Crippen molar-refractivity contribution in [1.29, 1.82) is 0 Å². The first kappa shape index (κ1) is 11.8. The third-order valence-electron chi connectivity index (χ3n) is 3.30. The largest absolute Gasteiger partial charge is 0.367 e. The van der Waals surface area contributed by atoms with Crippen molar-refractivity contribution >= 4 is 21.7 Å². The normalized spacial score (nSPS) is 18.7. The minimum Gasteiger partial charge on any atom is -0.367 e. The smallest absolute Gasteiger partial charge is 0.166 e. The van der Waals surface area contributed by atoms with E-state index in [9.17, 15) is 4.39 Å². The average molecular weight is 287 g/mol. The van der Waals surface area contributed by atoms with Gasteiger partial charge in [0.2, 0.25) is 0 Å².